The Kier molecular flexibility index (Phi) is 11.3. The summed E-state index contributed by atoms with van der Waals surface area (Å²) in [6.07, 6.45) is 15.2. The van der Waals surface area contributed by atoms with Crippen LogP contribution < -0.4 is 0 Å². The van der Waals surface area contributed by atoms with E-state index in [1.807, 2.05) is 0 Å². The van der Waals surface area contributed by atoms with Gasteiger partial charge in [0.2, 0.25) is 0 Å². The number of rotatable bonds is 15. The Morgan fingerprint density at radius 2 is 1.35 bits per heavy atom. The molecular formula is C17H34O3. The predicted octanol–water partition coefficient (Wildman–Crippen LogP) is 4.07. The average Bonchev–Trinajstić information content (AvgIpc) is 3.22. The number of aliphatic hydroxyl groups excluding tert-OH is 1. The molecule has 0 aromatic carbocycles. The minimum Gasteiger partial charge on any atom is -0.394 e. The zero-order valence-electron chi connectivity index (χ0n) is 13.3. The van der Waals surface area contributed by atoms with E-state index in [0.29, 0.717) is 6.61 Å². The standard InChI is InChI=1S/C17H34O3/c1-2-3-4-5-6-7-8-9-10-11-12-13-19-15-17-16(14-18)20-17/h16-18H,2-15H2,1H3/t16-,17+/m0/s1. The van der Waals surface area contributed by atoms with Crippen LogP contribution >= 0.6 is 0 Å². The number of ether oxygens (including phenoxy) is 2. The molecule has 1 heterocycles. The molecule has 20 heavy (non-hydrogen) atoms. The van der Waals surface area contributed by atoms with Crippen LogP contribution in [0.1, 0.15) is 77.6 Å². The first kappa shape index (κ1) is 17.9. The summed E-state index contributed by atoms with van der Waals surface area (Å²) < 4.78 is 10.7. The van der Waals surface area contributed by atoms with Gasteiger partial charge in [0, 0.05) is 6.61 Å². The number of hydrogen-bond acceptors (Lipinski definition) is 3. The van der Waals surface area contributed by atoms with Crippen LogP contribution in [-0.2, 0) is 9.47 Å². The van der Waals surface area contributed by atoms with E-state index >= 15 is 0 Å². The first-order chi connectivity index (χ1) is 9.88. The van der Waals surface area contributed by atoms with Gasteiger partial charge in [0.05, 0.1) is 13.2 Å². The molecule has 0 bridgehead atoms. The van der Waals surface area contributed by atoms with Crippen LogP contribution in [0.3, 0.4) is 0 Å². The molecule has 0 aromatic rings. The summed E-state index contributed by atoms with van der Waals surface area (Å²) in [6, 6.07) is 0. The minimum absolute atomic E-state index is 0.0485. The Bertz CT molecular complexity index is 208. The highest BCUT2D eigenvalue weighted by atomic mass is 16.6. The van der Waals surface area contributed by atoms with Crippen molar-refractivity contribution in [2.45, 2.75) is 89.8 Å². The second kappa shape index (κ2) is 12.6. The molecule has 1 aliphatic rings. The summed E-state index contributed by atoms with van der Waals surface area (Å²) in [6.45, 7) is 3.90. The van der Waals surface area contributed by atoms with Gasteiger partial charge in [-0.15, -0.1) is 0 Å². The lowest BCUT2D eigenvalue weighted by atomic mass is 10.1. The van der Waals surface area contributed by atoms with E-state index in [9.17, 15) is 0 Å². The second-order valence-electron chi connectivity index (χ2n) is 6.01. The van der Waals surface area contributed by atoms with Crippen LogP contribution in [0.25, 0.3) is 0 Å². The maximum atomic E-state index is 8.80. The molecule has 1 fully saturated rings. The monoisotopic (exact) mass is 286 g/mol. The van der Waals surface area contributed by atoms with Crippen molar-refractivity contribution in [2.75, 3.05) is 19.8 Å². The van der Waals surface area contributed by atoms with Crippen molar-refractivity contribution in [3.8, 4) is 0 Å². The number of hydrogen-bond donors (Lipinski definition) is 1. The fourth-order valence-electron chi connectivity index (χ4n) is 2.55. The maximum Gasteiger partial charge on any atom is 0.110 e. The van der Waals surface area contributed by atoms with Gasteiger partial charge in [-0.05, 0) is 6.42 Å². The van der Waals surface area contributed by atoms with E-state index in [1.54, 1.807) is 0 Å². The van der Waals surface area contributed by atoms with Gasteiger partial charge in [-0.3, -0.25) is 0 Å². The largest absolute Gasteiger partial charge is 0.394 e. The van der Waals surface area contributed by atoms with Gasteiger partial charge in [0.1, 0.15) is 12.2 Å². The molecule has 0 spiro atoms. The lowest BCUT2D eigenvalue weighted by Crippen LogP contribution is -2.07. The quantitative estimate of drug-likeness (QED) is 0.364. The van der Waals surface area contributed by atoms with Crippen LogP contribution in [0.15, 0.2) is 0 Å². The van der Waals surface area contributed by atoms with Gasteiger partial charge >= 0.3 is 0 Å². The Balaban J connectivity index is 1.65. The van der Waals surface area contributed by atoms with Gasteiger partial charge < -0.3 is 14.6 Å². The third-order valence-corrected chi connectivity index (χ3v) is 4.04. The fourth-order valence-corrected chi connectivity index (χ4v) is 2.55. The summed E-state index contributed by atoms with van der Waals surface area (Å²) >= 11 is 0. The van der Waals surface area contributed by atoms with Crippen LogP contribution in [0.2, 0.25) is 0 Å². The molecule has 0 radical (unpaired) electrons. The molecule has 0 amide bonds. The van der Waals surface area contributed by atoms with Crippen molar-refractivity contribution in [1.29, 1.82) is 0 Å². The minimum atomic E-state index is 0.0485. The van der Waals surface area contributed by atoms with E-state index in [4.69, 9.17) is 14.6 Å². The molecule has 0 aromatic heterocycles. The van der Waals surface area contributed by atoms with E-state index in [-0.39, 0.29) is 18.8 Å². The first-order valence-electron chi connectivity index (χ1n) is 8.72. The zero-order chi connectivity index (χ0) is 14.5. The van der Waals surface area contributed by atoms with Gasteiger partial charge in [0.25, 0.3) is 0 Å². The Morgan fingerprint density at radius 3 is 1.85 bits per heavy atom. The average molecular weight is 286 g/mol. The number of aliphatic hydroxyl groups is 1. The molecule has 3 heteroatoms. The van der Waals surface area contributed by atoms with Crippen molar-refractivity contribution in [3.63, 3.8) is 0 Å². The van der Waals surface area contributed by atoms with E-state index in [1.165, 1.54) is 64.2 Å². The van der Waals surface area contributed by atoms with Crippen molar-refractivity contribution in [1.82, 2.24) is 0 Å². The smallest absolute Gasteiger partial charge is 0.110 e. The maximum absolute atomic E-state index is 8.80. The molecule has 0 unspecified atom stereocenters. The third-order valence-electron chi connectivity index (χ3n) is 4.04. The summed E-state index contributed by atoms with van der Waals surface area (Å²) in [5.41, 5.74) is 0. The molecule has 1 rings (SSSR count). The SMILES string of the molecule is CCCCCCCCCCCCCOC[C@H]1O[C@H]1CO. The third kappa shape index (κ3) is 9.73. The summed E-state index contributed by atoms with van der Waals surface area (Å²) in [4.78, 5) is 0. The van der Waals surface area contributed by atoms with Crippen LogP contribution in [0, 0.1) is 0 Å². The van der Waals surface area contributed by atoms with E-state index < -0.39 is 0 Å². The Labute approximate surface area is 125 Å². The number of unbranched alkanes of at least 4 members (excludes halogenated alkanes) is 10. The fraction of sp³-hybridized carbons (Fsp3) is 1.00. The Hall–Kier alpha value is -0.120. The van der Waals surface area contributed by atoms with Crippen LogP contribution in [0.4, 0.5) is 0 Å². The molecule has 1 N–H and O–H groups in total. The van der Waals surface area contributed by atoms with Gasteiger partial charge in [0.15, 0.2) is 0 Å². The molecule has 2 atom stereocenters. The molecule has 1 saturated heterocycles. The zero-order valence-corrected chi connectivity index (χ0v) is 13.3. The van der Waals surface area contributed by atoms with Crippen LogP contribution in [0.5, 0.6) is 0 Å². The number of epoxide rings is 1. The Morgan fingerprint density at radius 1 is 0.800 bits per heavy atom. The second-order valence-corrected chi connectivity index (χ2v) is 6.01. The molecule has 0 saturated carbocycles. The topological polar surface area (TPSA) is 42.0 Å². The van der Waals surface area contributed by atoms with Crippen molar-refractivity contribution < 1.29 is 14.6 Å². The van der Waals surface area contributed by atoms with Crippen molar-refractivity contribution >= 4 is 0 Å². The van der Waals surface area contributed by atoms with Crippen molar-refractivity contribution in [2.24, 2.45) is 0 Å². The molecule has 1 aliphatic heterocycles. The molecule has 0 aliphatic carbocycles. The van der Waals surface area contributed by atoms with E-state index in [2.05, 4.69) is 6.92 Å². The van der Waals surface area contributed by atoms with E-state index in [0.717, 1.165) is 13.0 Å². The van der Waals surface area contributed by atoms with Crippen molar-refractivity contribution in [3.05, 3.63) is 0 Å². The molecule has 3 nitrogen and oxygen atoms in total. The molecule has 120 valence electrons. The lowest BCUT2D eigenvalue weighted by molar-refractivity contribution is 0.113. The van der Waals surface area contributed by atoms with Crippen LogP contribution in [-0.4, -0.2) is 37.1 Å². The summed E-state index contributed by atoms with van der Waals surface area (Å²) in [5, 5.41) is 8.80. The van der Waals surface area contributed by atoms with Gasteiger partial charge in [-0.25, -0.2) is 0 Å². The lowest BCUT2D eigenvalue weighted by Gasteiger charge is -2.03. The summed E-state index contributed by atoms with van der Waals surface area (Å²) in [7, 11) is 0. The molecular weight excluding hydrogens is 252 g/mol. The highest BCUT2D eigenvalue weighted by molar-refractivity contribution is 4.83. The highest BCUT2D eigenvalue weighted by Gasteiger charge is 2.37. The highest BCUT2D eigenvalue weighted by Crippen LogP contribution is 2.21. The van der Waals surface area contributed by atoms with Gasteiger partial charge in [-0.2, -0.15) is 0 Å². The van der Waals surface area contributed by atoms with Gasteiger partial charge in [-0.1, -0.05) is 71.1 Å². The predicted molar refractivity (Wildman–Crippen MR) is 83.0 cm³/mol. The summed E-state index contributed by atoms with van der Waals surface area (Å²) in [5.74, 6) is 0. The first-order valence-corrected chi connectivity index (χ1v) is 8.72. The normalized spacial score (nSPS) is 21.3.